The number of aromatic nitrogens is 1. The minimum absolute atomic E-state index is 0.0147. The van der Waals surface area contributed by atoms with Crippen molar-refractivity contribution in [1.29, 1.82) is 0 Å². The second kappa shape index (κ2) is 4.36. The highest BCUT2D eigenvalue weighted by atomic mass is 19.1. The average molecular weight is 226 g/mol. The number of aryl methyl sites for hydroxylation is 1. The summed E-state index contributed by atoms with van der Waals surface area (Å²) in [6, 6.07) is 2.81. The Balaban J connectivity index is 2.18. The molecule has 2 atom stereocenters. The molecule has 2 nitrogen and oxygen atoms in total. The number of anilines is 1. The number of hydrogen-bond donors (Lipinski definition) is 0. The van der Waals surface area contributed by atoms with Crippen molar-refractivity contribution >= 4 is 5.82 Å². The molecular weight excluding hydrogens is 210 g/mol. The van der Waals surface area contributed by atoms with Gasteiger partial charge in [0.1, 0.15) is 17.8 Å². The molecule has 0 radical (unpaired) electrons. The Labute approximate surface area is 94.3 Å². The van der Waals surface area contributed by atoms with Crippen LogP contribution in [0.4, 0.5) is 14.6 Å². The van der Waals surface area contributed by atoms with Crippen molar-refractivity contribution in [3.05, 3.63) is 23.6 Å². The number of halogens is 2. The topological polar surface area (TPSA) is 16.1 Å². The van der Waals surface area contributed by atoms with Crippen LogP contribution in [0.15, 0.2) is 12.1 Å². The van der Waals surface area contributed by atoms with Gasteiger partial charge < -0.3 is 4.90 Å². The predicted molar refractivity (Wildman–Crippen MR) is 59.8 cm³/mol. The maximum absolute atomic E-state index is 13.3. The van der Waals surface area contributed by atoms with E-state index in [1.807, 2.05) is 11.8 Å². The van der Waals surface area contributed by atoms with E-state index in [-0.39, 0.29) is 11.7 Å². The molecule has 0 amide bonds. The predicted octanol–water partition coefficient (Wildman–Crippen LogP) is 2.71. The quantitative estimate of drug-likeness (QED) is 0.732. The van der Waals surface area contributed by atoms with Gasteiger partial charge in [0.05, 0.1) is 0 Å². The summed E-state index contributed by atoms with van der Waals surface area (Å²) in [5.41, 5.74) is 0.657. The molecule has 0 spiro atoms. The highest BCUT2D eigenvalue weighted by Gasteiger charge is 2.26. The third-order valence-corrected chi connectivity index (χ3v) is 3.03. The molecule has 1 aliphatic rings. The number of rotatable bonds is 1. The summed E-state index contributed by atoms with van der Waals surface area (Å²) in [6.45, 7) is 4.86. The molecule has 0 aromatic carbocycles. The highest BCUT2D eigenvalue weighted by Crippen LogP contribution is 2.24. The van der Waals surface area contributed by atoms with Crippen LogP contribution in [-0.4, -0.2) is 24.2 Å². The van der Waals surface area contributed by atoms with Crippen LogP contribution >= 0.6 is 0 Å². The number of piperidine rings is 1. The smallest absolute Gasteiger partial charge is 0.131 e. The summed E-state index contributed by atoms with van der Waals surface area (Å²) in [5.74, 6) is 0.327. The van der Waals surface area contributed by atoms with E-state index in [9.17, 15) is 8.78 Å². The Hall–Kier alpha value is -1.19. The van der Waals surface area contributed by atoms with E-state index in [4.69, 9.17) is 0 Å². The zero-order valence-electron chi connectivity index (χ0n) is 9.58. The van der Waals surface area contributed by atoms with Gasteiger partial charge in [-0.25, -0.2) is 13.8 Å². The molecular formula is C12H16F2N2. The molecule has 0 N–H and O–H groups in total. The molecule has 2 heterocycles. The molecule has 0 aliphatic carbocycles. The summed E-state index contributed by atoms with van der Waals surface area (Å²) in [6.07, 6.45) is -0.246. The van der Waals surface area contributed by atoms with E-state index in [0.29, 0.717) is 31.0 Å². The number of alkyl halides is 1. The van der Waals surface area contributed by atoms with Crippen LogP contribution in [0.25, 0.3) is 0 Å². The number of hydrogen-bond acceptors (Lipinski definition) is 2. The molecule has 0 bridgehead atoms. The molecule has 16 heavy (non-hydrogen) atoms. The fourth-order valence-corrected chi connectivity index (χ4v) is 2.10. The molecule has 0 saturated carbocycles. The van der Waals surface area contributed by atoms with Gasteiger partial charge in [-0.3, -0.25) is 0 Å². The molecule has 0 unspecified atom stereocenters. The van der Waals surface area contributed by atoms with Crippen LogP contribution in [0.2, 0.25) is 0 Å². The largest absolute Gasteiger partial charge is 0.356 e. The fourth-order valence-electron chi connectivity index (χ4n) is 2.10. The molecule has 2 rings (SSSR count). The Morgan fingerprint density at radius 2 is 2.19 bits per heavy atom. The molecule has 88 valence electrons. The minimum atomic E-state index is -0.745. The zero-order valence-corrected chi connectivity index (χ0v) is 9.58. The van der Waals surface area contributed by atoms with Crippen LogP contribution in [0, 0.1) is 18.7 Å². The first-order valence-electron chi connectivity index (χ1n) is 5.59. The van der Waals surface area contributed by atoms with Gasteiger partial charge in [0.15, 0.2) is 0 Å². The Morgan fingerprint density at radius 1 is 1.44 bits per heavy atom. The van der Waals surface area contributed by atoms with E-state index in [1.165, 1.54) is 12.1 Å². The molecule has 4 heteroatoms. The third-order valence-electron chi connectivity index (χ3n) is 3.03. The second-order valence-corrected chi connectivity index (χ2v) is 4.51. The summed E-state index contributed by atoms with van der Waals surface area (Å²) in [7, 11) is 0. The second-order valence-electron chi connectivity index (χ2n) is 4.51. The first-order valence-corrected chi connectivity index (χ1v) is 5.59. The maximum atomic E-state index is 13.3. The van der Waals surface area contributed by atoms with Crippen LogP contribution in [0.1, 0.15) is 19.0 Å². The Kier molecular flexibility index (Phi) is 3.08. The van der Waals surface area contributed by atoms with Gasteiger partial charge in [-0.1, -0.05) is 6.92 Å². The van der Waals surface area contributed by atoms with E-state index in [0.717, 1.165) is 0 Å². The van der Waals surface area contributed by atoms with E-state index in [1.54, 1.807) is 6.92 Å². The summed E-state index contributed by atoms with van der Waals surface area (Å²) >= 11 is 0. The van der Waals surface area contributed by atoms with Crippen molar-refractivity contribution in [1.82, 2.24) is 4.98 Å². The number of pyridine rings is 1. The van der Waals surface area contributed by atoms with E-state index >= 15 is 0 Å². The highest BCUT2D eigenvalue weighted by molar-refractivity contribution is 5.40. The summed E-state index contributed by atoms with van der Waals surface area (Å²) in [4.78, 5) is 6.24. The van der Waals surface area contributed by atoms with Crippen molar-refractivity contribution in [2.45, 2.75) is 26.4 Å². The van der Waals surface area contributed by atoms with Crippen LogP contribution in [0.3, 0.4) is 0 Å². The van der Waals surface area contributed by atoms with Crippen LogP contribution in [-0.2, 0) is 0 Å². The van der Waals surface area contributed by atoms with Crippen LogP contribution < -0.4 is 4.90 Å². The maximum Gasteiger partial charge on any atom is 0.131 e. The lowest BCUT2D eigenvalue weighted by Gasteiger charge is -2.34. The minimum Gasteiger partial charge on any atom is -0.356 e. The van der Waals surface area contributed by atoms with E-state index in [2.05, 4.69) is 4.98 Å². The van der Waals surface area contributed by atoms with Gasteiger partial charge in [-0.05, 0) is 19.4 Å². The number of nitrogens with zero attached hydrogens (tertiary/aromatic N) is 2. The van der Waals surface area contributed by atoms with Crippen molar-refractivity contribution in [3.63, 3.8) is 0 Å². The summed E-state index contributed by atoms with van der Waals surface area (Å²) in [5, 5.41) is 0. The SMILES string of the molecule is Cc1cc(F)cc(N2CC[C@@H](F)[C@@H](C)C2)n1. The lowest BCUT2D eigenvalue weighted by Crippen LogP contribution is -2.40. The molecule has 1 aromatic rings. The van der Waals surface area contributed by atoms with Gasteiger partial charge in [0.2, 0.25) is 0 Å². The third kappa shape index (κ3) is 2.31. The van der Waals surface area contributed by atoms with Gasteiger partial charge in [0.25, 0.3) is 0 Å². The zero-order chi connectivity index (χ0) is 11.7. The van der Waals surface area contributed by atoms with Crippen molar-refractivity contribution in [2.75, 3.05) is 18.0 Å². The van der Waals surface area contributed by atoms with Gasteiger partial charge >= 0.3 is 0 Å². The molecule has 1 aliphatic heterocycles. The first-order chi connectivity index (χ1) is 7.56. The molecule has 1 aromatic heterocycles. The standard InChI is InChI=1S/C12H16F2N2/c1-8-7-16(4-3-11(8)14)12-6-10(13)5-9(2)15-12/h5-6,8,11H,3-4,7H2,1-2H3/t8-,11+/m0/s1. The Bertz CT molecular complexity index is 361. The van der Waals surface area contributed by atoms with E-state index < -0.39 is 6.17 Å². The lowest BCUT2D eigenvalue weighted by molar-refractivity contribution is 0.207. The average Bonchev–Trinajstić information content (AvgIpc) is 2.20. The van der Waals surface area contributed by atoms with Gasteiger partial charge in [0, 0.05) is 30.8 Å². The van der Waals surface area contributed by atoms with Crippen molar-refractivity contribution in [2.24, 2.45) is 5.92 Å². The van der Waals surface area contributed by atoms with Crippen molar-refractivity contribution < 1.29 is 8.78 Å². The van der Waals surface area contributed by atoms with Gasteiger partial charge in [-0.15, -0.1) is 0 Å². The van der Waals surface area contributed by atoms with Crippen LogP contribution in [0.5, 0.6) is 0 Å². The normalized spacial score (nSPS) is 25.9. The molecule has 1 fully saturated rings. The Morgan fingerprint density at radius 3 is 2.81 bits per heavy atom. The fraction of sp³-hybridized carbons (Fsp3) is 0.583. The first kappa shape index (κ1) is 11.3. The molecule has 1 saturated heterocycles. The van der Waals surface area contributed by atoms with Gasteiger partial charge in [-0.2, -0.15) is 0 Å². The lowest BCUT2D eigenvalue weighted by atomic mass is 9.98. The monoisotopic (exact) mass is 226 g/mol. The van der Waals surface area contributed by atoms with Crippen molar-refractivity contribution in [3.8, 4) is 0 Å². The summed E-state index contributed by atoms with van der Waals surface area (Å²) < 4.78 is 26.5.